The number of nitriles is 1. The van der Waals surface area contributed by atoms with Crippen LogP contribution < -0.4 is 10.2 Å². The van der Waals surface area contributed by atoms with E-state index in [9.17, 15) is 14.4 Å². The normalized spacial score (nSPS) is 18.4. The third-order valence-corrected chi connectivity index (χ3v) is 3.91. The number of carbonyl (C=O) groups excluding carboxylic acids is 1. The fraction of sp³-hybridized carbons (Fsp3) is 0.500. The molecule has 2 rings (SSSR count). The van der Waals surface area contributed by atoms with Gasteiger partial charge in [0.1, 0.15) is 17.9 Å². The summed E-state index contributed by atoms with van der Waals surface area (Å²) in [6.07, 6.45) is 2.01. The lowest BCUT2D eigenvalue weighted by Gasteiger charge is -2.23. The van der Waals surface area contributed by atoms with Crippen molar-refractivity contribution in [3.05, 3.63) is 35.6 Å². The van der Waals surface area contributed by atoms with Gasteiger partial charge in [-0.1, -0.05) is 12.1 Å². The first-order chi connectivity index (χ1) is 9.93. The third kappa shape index (κ3) is 4.27. The van der Waals surface area contributed by atoms with Crippen molar-refractivity contribution in [2.24, 2.45) is 5.92 Å². The molecule has 5 heteroatoms. The van der Waals surface area contributed by atoms with E-state index in [1.165, 1.54) is 12.1 Å². The number of amides is 1. The van der Waals surface area contributed by atoms with Gasteiger partial charge in [0.2, 0.25) is 0 Å². The zero-order chi connectivity index (χ0) is 15.5. The molecule has 0 heterocycles. The highest BCUT2D eigenvalue weighted by Crippen LogP contribution is 2.39. The van der Waals surface area contributed by atoms with E-state index in [0.29, 0.717) is 13.1 Å². The second kappa shape index (κ2) is 6.23. The maximum absolute atomic E-state index is 12.8. The predicted molar refractivity (Wildman–Crippen MR) is 76.7 cm³/mol. The number of benzene rings is 1. The van der Waals surface area contributed by atoms with E-state index in [2.05, 4.69) is 11.4 Å². The number of nitrogens with one attached hydrogen (secondary N) is 2. The summed E-state index contributed by atoms with van der Waals surface area (Å²) >= 11 is 0. The number of hydrogen-bond donors (Lipinski definition) is 2. The van der Waals surface area contributed by atoms with Crippen molar-refractivity contribution >= 4 is 5.91 Å². The standard InChI is InChI=1S/C16H20FN3O/c1-16(11-18,13-5-6-13)19-15(21)10-20(2)9-12-3-7-14(17)8-4-12/h3-4,7-8,13H,5-6,9-10H2,1-2H3,(H,19,21)/p+1/t16-/m0/s1. The van der Waals surface area contributed by atoms with Gasteiger partial charge in [-0.05, 0) is 37.8 Å². The van der Waals surface area contributed by atoms with Crippen LogP contribution in [0.5, 0.6) is 0 Å². The molecular formula is C16H21FN3O+. The molecule has 1 aromatic carbocycles. The molecule has 2 N–H and O–H groups in total. The van der Waals surface area contributed by atoms with Gasteiger partial charge in [0.15, 0.2) is 6.54 Å². The van der Waals surface area contributed by atoms with Crippen LogP contribution in [0.4, 0.5) is 4.39 Å². The Morgan fingerprint density at radius 2 is 2.10 bits per heavy atom. The van der Waals surface area contributed by atoms with Crippen LogP contribution in [0.1, 0.15) is 25.3 Å². The highest BCUT2D eigenvalue weighted by Gasteiger charge is 2.43. The predicted octanol–water partition coefficient (Wildman–Crippen LogP) is 0.649. The number of carbonyl (C=O) groups is 1. The zero-order valence-corrected chi connectivity index (χ0v) is 12.4. The number of quaternary nitrogens is 1. The Labute approximate surface area is 124 Å². The first kappa shape index (κ1) is 15.5. The maximum atomic E-state index is 12.8. The molecule has 0 aromatic heterocycles. The molecule has 0 spiro atoms. The SMILES string of the molecule is C[NH+](CC(=O)N[C@@](C)(C#N)C1CC1)Cc1ccc(F)cc1. The average molecular weight is 290 g/mol. The zero-order valence-electron chi connectivity index (χ0n) is 12.4. The van der Waals surface area contributed by atoms with Gasteiger partial charge in [0.05, 0.1) is 13.1 Å². The molecule has 0 bridgehead atoms. The first-order valence-corrected chi connectivity index (χ1v) is 7.21. The molecule has 0 saturated heterocycles. The van der Waals surface area contributed by atoms with Gasteiger partial charge >= 0.3 is 0 Å². The summed E-state index contributed by atoms with van der Waals surface area (Å²) < 4.78 is 12.8. The monoisotopic (exact) mass is 290 g/mol. The second-order valence-electron chi connectivity index (χ2n) is 6.07. The quantitative estimate of drug-likeness (QED) is 0.808. The van der Waals surface area contributed by atoms with Crippen LogP contribution >= 0.6 is 0 Å². The summed E-state index contributed by atoms with van der Waals surface area (Å²) in [5.74, 6) is -0.0993. The smallest absolute Gasteiger partial charge is 0.276 e. The Hall–Kier alpha value is -1.93. The Kier molecular flexibility index (Phi) is 4.59. The summed E-state index contributed by atoms with van der Waals surface area (Å²) in [4.78, 5) is 13.1. The molecule has 4 nitrogen and oxygen atoms in total. The molecule has 2 atom stereocenters. The molecule has 0 radical (unpaired) electrons. The molecule has 1 unspecified atom stereocenters. The van der Waals surface area contributed by atoms with E-state index < -0.39 is 5.54 Å². The van der Waals surface area contributed by atoms with Crippen molar-refractivity contribution in [1.82, 2.24) is 5.32 Å². The van der Waals surface area contributed by atoms with Crippen LogP contribution in [0.3, 0.4) is 0 Å². The second-order valence-corrected chi connectivity index (χ2v) is 6.07. The number of halogens is 1. The first-order valence-electron chi connectivity index (χ1n) is 7.21. The fourth-order valence-corrected chi connectivity index (χ4v) is 2.50. The minimum atomic E-state index is -0.743. The van der Waals surface area contributed by atoms with Crippen molar-refractivity contribution in [1.29, 1.82) is 5.26 Å². The Balaban J connectivity index is 1.84. The molecule has 1 aliphatic rings. The molecule has 21 heavy (non-hydrogen) atoms. The third-order valence-electron chi connectivity index (χ3n) is 3.91. The van der Waals surface area contributed by atoms with Gasteiger partial charge in [-0.15, -0.1) is 0 Å². The van der Waals surface area contributed by atoms with Crippen LogP contribution in [-0.2, 0) is 11.3 Å². The number of likely N-dealkylation sites (N-methyl/N-ethyl adjacent to an activating group) is 1. The van der Waals surface area contributed by atoms with Gasteiger partial charge in [0, 0.05) is 5.56 Å². The van der Waals surface area contributed by atoms with Crippen LogP contribution in [0.2, 0.25) is 0 Å². The average Bonchev–Trinajstić information content (AvgIpc) is 3.25. The van der Waals surface area contributed by atoms with E-state index in [1.54, 1.807) is 19.1 Å². The number of hydrogen-bond acceptors (Lipinski definition) is 2. The summed E-state index contributed by atoms with van der Waals surface area (Å²) in [6.45, 7) is 2.72. The van der Waals surface area contributed by atoms with E-state index in [4.69, 9.17) is 0 Å². The molecule has 112 valence electrons. The fourth-order valence-electron chi connectivity index (χ4n) is 2.50. The van der Waals surface area contributed by atoms with Crippen molar-refractivity contribution < 1.29 is 14.1 Å². The van der Waals surface area contributed by atoms with E-state index >= 15 is 0 Å². The molecule has 0 aliphatic heterocycles. The lowest BCUT2D eigenvalue weighted by atomic mass is 9.98. The Morgan fingerprint density at radius 3 is 2.62 bits per heavy atom. The topological polar surface area (TPSA) is 57.3 Å². The Morgan fingerprint density at radius 1 is 1.48 bits per heavy atom. The largest absolute Gasteiger partial charge is 0.333 e. The van der Waals surface area contributed by atoms with Crippen molar-refractivity contribution in [2.75, 3.05) is 13.6 Å². The maximum Gasteiger partial charge on any atom is 0.276 e. The Bertz CT molecular complexity index is 548. The van der Waals surface area contributed by atoms with E-state index in [0.717, 1.165) is 23.3 Å². The lowest BCUT2D eigenvalue weighted by Crippen LogP contribution is -3.09. The highest BCUT2D eigenvalue weighted by atomic mass is 19.1. The van der Waals surface area contributed by atoms with Gasteiger partial charge in [-0.25, -0.2) is 4.39 Å². The lowest BCUT2D eigenvalue weighted by molar-refractivity contribution is -0.885. The molecule has 1 amide bonds. The van der Waals surface area contributed by atoms with Gasteiger partial charge in [-0.2, -0.15) is 5.26 Å². The van der Waals surface area contributed by atoms with Crippen molar-refractivity contribution in [3.8, 4) is 6.07 Å². The van der Waals surface area contributed by atoms with E-state index in [1.807, 2.05) is 7.05 Å². The molecule has 1 saturated carbocycles. The van der Waals surface area contributed by atoms with Crippen molar-refractivity contribution in [3.63, 3.8) is 0 Å². The molecule has 1 aromatic rings. The minimum absolute atomic E-state index is 0.120. The van der Waals surface area contributed by atoms with Gasteiger partial charge in [0.25, 0.3) is 5.91 Å². The number of nitrogens with zero attached hydrogens (tertiary/aromatic N) is 1. The van der Waals surface area contributed by atoms with Crippen LogP contribution in [0, 0.1) is 23.1 Å². The molecular weight excluding hydrogens is 269 g/mol. The van der Waals surface area contributed by atoms with E-state index in [-0.39, 0.29) is 17.6 Å². The summed E-state index contributed by atoms with van der Waals surface area (Å²) in [7, 11) is 1.91. The molecule has 1 aliphatic carbocycles. The molecule has 1 fully saturated rings. The number of rotatable bonds is 6. The summed E-state index contributed by atoms with van der Waals surface area (Å²) in [6, 6.07) is 8.50. The highest BCUT2D eigenvalue weighted by molar-refractivity contribution is 5.78. The van der Waals surface area contributed by atoms with Gasteiger partial charge in [-0.3, -0.25) is 4.79 Å². The van der Waals surface area contributed by atoms with Crippen LogP contribution in [-0.4, -0.2) is 25.0 Å². The van der Waals surface area contributed by atoms with Crippen molar-refractivity contribution in [2.45, 2.75) is 31.8 Å². The van der Waals surface area contributed by atoms with Crippen LogP contribution in [0.25, 0.3) is 0 Å². The summed E-state index contributed by atoms with van der Waals surface area (Å²) in [5, 5.41) is 12.1. The minimum Gasteiger partial charge on any atom is -0.333 e. The summed E-state index contributed by atoms with van der Waals surface area (Å²) in [5.41, 5.74) is 0.236. The van der Waals surface area contributed by atoms with Crippen LogP contribution in [0.15, 0.2) is 24.3 Å². The van der Waals surface area contributed by atoms with Gasteiger partial charge < -0.3 is 10.2 Å².